The number of likely N-dealkylation sites (tertiary alicyclic amines) is 1. The standard InChI is InChI=1S/C15H30N2/c1-11-6-5-7-17(14(11)10-16)13-9-15(3,4)8-12(13)2/h11-14H,5-10,16H2,1-4H3. The van der Waals surface area contributed by atoms with Crippen molar-refractivity contribution < 1.29 is 0 Å². The van der Waals surface area contributed by atoms with Gasteiger partial charge in [0.05, 0.1) is 0 Å². The van der Waals surface area contributed by atoms with Gasteiger partial charge in [0, 0.05) is 18.6 Å². The molecule has 2 fully saturated rings. The SMILES string of the molecule is CC1CCCN(C2CC(C)(C)CC2C)C1CN. The Morgan fingerprint density at radius 2 is 1.88 bits per heavy atom. The number of hydrogen-bond acceptors (Lipinski definition) is 2. The summed E-state index contributed by atoms with van der Waals surface area (Å²) in [6.45, 7) is 11.8. The van der Waals surface area contributed by atoms with Crippen molar-refractivity contribution in [2.24, 2.45) is 23.0 Å². The summed E-state index contributed by atoms with van der Waals surface area (Å²) in [7, 11) is 0. The molecule has 2 heteroatoms. The molecule has 0 radical (unpaired) electrons. The second-order valence-corrected chi connectivity index (χ2v) is 7.28. The first-order valence-corrected chi connectivity index (χ1v) is 7.40. The maximum atomic E-state index is 6.02. The van der Waals surface area contributed by atoms with Crippen LogP contribution in [0, 0.1) is 17.3 Å². The Bertz CT molecular complexity index is 262. The fourth-order valence-electron chi connectivity index (χ4n) is 4.36. The van der Waals surface area contributed by atoms with Gasteiger partial charge in [0.2, 0.25) is 0 Å². The van der Waals surface area contributed by atoms with E-state index in [1.54, 1.807) is 0 Å². The fourth-order valence-corrected chi connectivity index (χ4v) is 4.36. The molecule has 1 aliphatic heterocycles. The summed E-state index contributed by atoms with van der Waals surface area (Å²) in [5, 5.41) is 0. The molecule has 1 saturated heterocycles. The van der Waals surface area contributed by atoms with Gasteiger partial charge in [-0.3, -0.25) is 4.90 Å². The van der Waals surface area contributed by atoms with E-state index in [2.05, 4.69) is 32.6 Å². The largest absolute Gasteiger partial charge is 0.329 e. The highest BCUT2D eigenvalue weighted by molar-refractivity contribution is 4.96. The van der Waals surface area contributed by atoms with Crippen LogP contribution in [0.2, 0.25) is 0 Å². The lowest BCUT2D eigenvalue weighted by Crippen LogP contribution is -2.53. The smallest absolute Gasteiger partial charge is 0.0247 e. The predicted octanol–water partition coefficient (Wildman–Crippen LogP) is 2.87. The van der Waals surface area contributed by atoms with Crippen LogP contribution in [0.3, 0.4) is 0 Å². The molecule has 17 heavy (non-hydrogen) atoms. The molecule has 0 amide bonds. The van der Waals surface area contributed by atoms with Gasteiger partial charge in [-0.15, -0.1) is 0 Å². The van der Waals surface area contributed by atoms with Crippen LogP contribution < -0.4 is 5.73 Å². The van der Waals surface area contributed by atoms with Gasteiger partial charge in [0.1, 0.15) is 0 Å². The van der Waals surface area contributed by atoms with Crippen molar-refractivity contribution in [3.63, 3.8) is 0 Å². The Hall–Kier alpha value is -0.0800. The van der Waals surface area contributed by atoms with E-state index in [1.165, 1.54) is 32.2 Å². The lowest BCUT2D eigenvalue weighted by atomic mass is 9.87. The van der Waals surface area contributed by atoms with Crippen LogP contribution in [0.15, 0.2) is 0 Å². The maximum Gasteiger partial charge on any atom is 0.0247 e. The molecule has 1 heterocycles. The van der Waals surface area contributed by atoms with Crippen molar-refractivity contribution in [2.75, 3.05) is 13.1 Å². The van der Waals surface area contributed by atoms with E-state index >= 15 is 0 Å². The maximum absolute atomic E-state index is 6.02. The molecule has 1 saturated carbocycles. The number of hydrogen-bond donors (Lipinski definition) is 1. The normalized spacial score (nSPS) is 42.9. The first-order valence-electron chi connectivity index (χ1n) is 7.40. The quantitative estimate of drug-likeness (QED) is 0.801. The molecule has 0 aromatic heterocycles. The zero-order valence-electron chi connectivity index (χ0n) is 12.1. The fraction of sp³-hybridized carbons (Fsp3) is 1.00. The number of nitrogens with two attached hydrogens (primary N) is 1. The third-order valence-corrected chi connectivity index (χ3v) is 5.12. The van der Waals surface area contributed by atoms with Crippen LogP contribution in [0.25, 0.3) is 0 Å². The van der Waals surface area contributed by atoms with Gasteiger partial charge in [0.25, 0.3) is 0 Å². The molecule has 0 aromatic carbocycles. The molecule has 2 aliphatic rings. The lowest BCUT2D eigenvalue weighted by Gasteiger charge is -2.44. The summed E-state index contributed by atoms with van der Waals surface area (Å²) in [4.78, 5) is 2.76. The summed E-state index contributed by atoms with van der Waals surface area (Å²) in [6, 6.07) is 1.41. The van der Waals surface area contributed by atoms with Crippen molar-refractivity contribution in [1.82, 2.24) is 4.90 Å². The zero-order chi connectivity index (χ0) is 12.6. The molecule has 2 rings (SSSR count). The Morgan fingerprint density at radius 1 is 1.18 bits per heavy atom. The highest BCUT2D eigenvalue weighted by Crippen LogP contribution is 2.44. The molecule has 1 aliphatic carbocycles. The summed E-state index contributed by atoms with van der Waals surface area (Å²) >= 11 is 0. The van der Waals surface area contributed by atoms with E-state index in [4.69, 9.17) is 5.73 Å². The molecule has 2 N–H and O–H groups in total. The van der Waals surface area contributed by atoms with E-state index < -0.39 is 0 Å². The first-order chi connectivity index (χ1) is 7.94. The van der Waals surface area contributed by atoms with Crippen LogP contribution in [0.1, 0.15) is 53.4 Å². The zero-order valence-corrected chi connectivity index (χ0v) is 12.1. The van der Waals surface area contributed by atoms with Crippen molar-refractivity contribution in [1.29, 1.82) is 0 Å². The Kier molecular flexibility index (Phi) is 3.84. The third-order valence-electron chi connectivity index (χ3n) is 5.12. The van der Waals surface area contributed by atoms with E-state index in [0.717, 1.165) is 24.4 Å². The van der Waals surface area contributed by atoms with E-state index in [0.29, 0.717) is 11.5 Å². The molecule has 2 nitrogen and oxygen atoms in total. The van der Waals surface area contributed by atoms with Gasteiger partial charge in [-0.05, 0) is 49.5 Å². The minimum Gasteiger partial charge on any atom is -0.329 e. The van der Waals surface area contributed by atoms with Gasteiger partial charge >= 0.3 is 0 Å². The van der Waals surface area contributed by atoms with Gasteiger partial charge in [-0.2, -0.15) is 0 Å². The average molecular weight is 238 g/mol. The second kappa shape index (κ2) is 4.89. The molecule has 4 unspecified atom stereocenters. The van der Waals surface area contributed by atoms with Crippen molar-refractivity contribution in [2.45, 2.75) is 65.5 Å². The average Bonchev–Trinajstić information content (AvgIpc) is 2.51. The van der Waals surface area contributed by atoms with E-state index in [-0.39, 0.29) is 0 Å². The van der Waals surface area contributed by atoms with Gasteiger partial charge in [0.15, 0.2) is 0 Å². The van der Waals surface area contributed by atoms with Gasteiger partial charge in [-0.1, -0.05) is 27.7 Å². The number of nitrogens with zero attached hydrogens (tertiary/aromatic N) is 1. The monoisotopic (exact) mass is 238 g/mol. The molecular weight excluding hydrogens is 208 g/mol. The molecule has 4 atom stereocenters. The number of piperidine rings is 1. The summed E-state index contributed by atoms with van der Waals surface area (Å²) < 4.78 is 0. The van der Waals surface area contributed by atoms with Gasteiger partial charge in [-0.25, -0.2) is 0 Å². The third kappa shape index (κ3) is 2.68. The summed E-state index contributed by atoms with van der Waals surface area (Å²) in [6.07, 6.45) is 5.46. The molecular formula is C15H30N2. The van der Waals surface area contributed by atoms with Crippen LogP contribution in [-0.2, 0) is 0 Å². The van der Waals surface area contributed by atoms with Crippen molar-refractivity contribution in [3.8, 4) is 0 Å². The molecule has 100 valence electrons. The Morgan fingerprint density at radius 3 is 2.41 bits per heavy atom. The van der Waals surface area contributed by atoms with Crippen molar-refractivity contribution in [3.05, 3.63) is 0 Å². The summed E-state index contributed by atoms with van der Waals surface area (Å²) in [5.41, 5.74) is 6.55. The highest BCUT2D eigenvalue weighted by atomic mass is 15.2. The minimum atomic E-state index is 0.532. The molecule has 0 bridgehead atoms. The highest BCUT2D eigenvalue weighted by Gasteiger charge is 2.43. The second-order valence-electron chi connectivity index (χ2n) is 7.28. The van der Waals surface area contributed by atoms with E-state index in [1.807, 2.05) is 0 Å². The van der Waals surface area contributed by atoms with Crippen molar-refractivity contribution >= 4 is 0 Å². The first kappa shape index (κ1) is 13.4. The van der Waals surface area contributed by atoms with Crippen LogP contribution in [-0.4, -0.2) is 30.1 Å². The lowest BCUT2D eigenvalue weighted by molar-refractivity contribution is 0.0459. The van der Waals surface area contributed by atoms with Crippen LogP contribution >= 0.6 is 0 Å². The van der Waals surface area contributed by atoms with Crippen LogP contribution in [0.4, 0.5) is 0 Å². The summed E-state index contributed by atoms with van der Waals surface area (Å²) in [5.74, 6) is 1.62. The predicted molar refractivity (Wildman–Crippen MR) is 73.9 cm³/mol. The van der Waals surface area contributed by atoms with E-state index in [9.17, 15) is 0 Å². The molecule has 0 aromatic rings. The Balaban J connectivity index is 2.10. The Labute approximate surface area is 107 Å². The number of rotatable bonds is 2. The van der Waals surface area contributed by atoms with Gasteiger partial charge < -0.3 is 5.73 Å². The minimum absolute atomic E-state index is 0.532. The van der Waals surface area contributed by atoms with Crippen LogP contribution in [0.5, 0.6) is 0 Å². The molecule has 0 spiro atoms. The topological polar surface area (TPSA) is 29.3 Å².